The van der Waals surface area contributed by atoms with E-state index in [0.717, 1.165) is 23.9 Å². The number of benzene rings is 2. The molecular weight excluding hydrogens is 404 g/mol. The quantitative estimate of drug-likeness (QED) is 0.531. The number of amidine groups is 1. The molecule has 29 heavy (non-hydrogen) atoms. The summed E-state index contributed by atoms with van der Waals surface area (Å²) in [6, 6.07) is 10.4. The number of carboxylic acids is 1. The fourth-order valence-electron chi connectivity index (χ4n) is 2.34. The smallest absolute Gasteiger partial charge is 0.305 e. The highest BCUT2D eigenvalue weighted by atomic mass is 32.2. The second kappa shape index (κ2) is 9.28. The average Bonchev–Trinajstić information content (AvgIpc) is 3.02. The molecule has 1 amide bonds. The van der Waals surface area contributed by atoms with Gasteiger partial charge >= 0.3 is 5.97 Å². The number of hydrogen-bond donors (Lipinski definition) is 2. The number of carbonyl (C=O) groups is 2. The summed E-state index contributed by atoms with van der Waals surface area (Å²) in [4.78, 5) is 22.3. The van der Waals surface area contributed by atoms with E-state index in [4.69, 9.17) is 9.84 Å². The molecule has 1 atom stereocenters. The van der Waals surface area contributed by atoms with E-state index in [0.29, 0.717) is 16.9 Å². The molecule has 1 fully saturated rings. The number of nitrogens with one attached hydrogen (secondary N) is 1. The van der Waals surface area contributed by atoms with Crippen LogP contribution in [0, 0.1) is 11.6 Å². The lowest BCUT2D eigenvalue weighted by Crippen LogP contribution is -2.26. The Kier molecular flexibility index (Phi) is 6.55. The van der Waals surface area contributed by atoms with Crippen molar-refractivity contribution in [3.63, 3.8) is 0 Å². The van der Waals surface area contributed by atoms with Gasteiger partial charge < -0.3 is 15.2 Å². The molecule has 1 aliphatic heterocycles. The van der Waals surface area contributed by atoms with Gasteiger partial charge in [-0.1, -0.05) is 17.8 Å². The van der Waals surface area contributed by atoms with Crippen LogP contribution in [0.4, 0.5) is 8.78 Å². The van der Waals surface area contributed by atoms with Crippen molar-refractivity contribution in [2.24, 2.45) is 10.2 Å². The summed E-state index contributed by atoms with van der Waals surface area (Å²) in [5.74, 6) is -2.77. The molecule has 0 bridgehead atoms. The van der Waals surface area contributed by atoms with Crippen molar-refractivity contribution >= 4 is 35.0 Å². The van der Waals surface area contributed by atoms with Gasteiger partial charge in [0.1, 0.15) is 17.6 Å². The van der Waals surface area contributed by atoms with Crippen LogP contribution in [-0.2, 0) is 16.2 Å². The SMILES string of the molecule is O=C(O)CC1SC(=NN=Cc2ccc(OCc3ccc(F)c(F)c3)cc2)NC1=O. The van der Waals surface area contributed by atoms with Gasteiger partial charge in [0, 0.05) is 0 Å². The lowest BCUT2D eigenvalue weighted by atomic mass is 10.2. The zero-order chi connectivity index (χ0) is 20.8. The Labute approximate surface area is 168 Å². The highest BCUT2D eigenvalue weighted by Crippen LogP contribution is 2.22. The van der Waals surface area contributed by atoms with E-state index < -0.39 is 28.8 Å². The minimum Gasteiger partial charge on any atom is -0.489 e. The van der Waals surface area contributed by atoms with Crippen LogP contribution in [0.15, 0.2) is 52.7 Å². The number of nitrogens with zero attached hydrogens (tertiary/aromatic N) is 2. The molecule has 10 heteroatoms. The Balaban J connectivity index is 1.53. The minimum absolute atomic E-state index is 0.0900. The number of thioether (sulfide) groups is 1. The highest BCUT2D eigenvalue weighted by Gasteiger charge is 2.32. The van der Waals surface area contributed by atoms with Gasteiger partial charge in [-0.15, -0.1) is 5.10 Å². The van der Waals surface area contributed by atoms with Crippen molar-refractivity contribution in [2.75, 3.05) is 0 Å². The molecule has 1 unspecified atom stereocenters. The first-order valence-corrected chi connectivity index (χ1v) is 9.26. The van der Waals surface area contributed by atoms with Gasteiger partial charge in [0.15, 0.2) is 16.8 Å². The molecule has 1 aliphatic rings. The molecule has 2 N–H and O–H groups in total. The van der Waals surface area contributed by atoms with Crippen molar-refractivity contribution < 1.29 is 28.2 Å². The molecular formula is C19H15F2N3O4S. The molecule has 3 rings (SSSR count). The third-order valence-electron chi connectivity index (χ3n) is 3.76. The molecule has 0 saturated carbocycles. The maximum Gasteiger partial charge on any atom is 0.305 e. The van der Waals surface area contributed by atoms with E-state index in [1.165, 1.54) is 12.3 Å². The van der Waals surface area contributed by atoms with E-state index in [-0.39, 0.29) is 18.2 Å². The molecule has 150 valence electrons. The Morgan fingerprint density at radius 1 is 1.21 bits per heavy atom. The second-order valence-electron chi connectivity index (χ2n) is 5.95. The van der Waals surface area contributed by atoms with Crippen molar-refractivity contribution in [2.45, 2.75) is 18.3 Å². The van der Waals surface area contributed by atoms with Gasteiger partial charge in [-0.05, 0) is 47.5 Å². The van der Waals surface area contributed by atoms with Crippen LogP contribution in [0.25, 0.3) is 0 Å². The summed E-state index contributed by atoms with van der Waals surface area (Å²) in [5.41, 5.74) is 1.22. The van der Waals surface area contributed by atoms with Crippen LogP contribution < -0.4 is 10.1 Å². The van der Waals surface area contributed by atoms with E-state index in [1.54, 1.807) is 24.3 Å². The Morgan fingerprint density at radius 2 is 1.97 bits per heavy atom. The van der Waals surface area contributed by atoms with Gasteiger partial charge in [-0.2, -0.15) is 5.10 Å². The van der Waals surface area contributed by atoms with E-state index >= 15 is 0 Å². The van der Waals surface area contributed by atoms with E-state index in [1.807, 2.05) is 0 Å². The van der Waals surface area contributed by atoms with Crippen molar-refractivity contribution in [1.29, 1.82) is 0 Å². The standard InChI is InChI=1S/C19H15F2N3O4S/c20-14-6-3-12(7-15(14)21)10-28-13-4-1-11(2-5-13)9-22-24-19-23-18(27)16(29-19)8-17(25)26/h1-7,9,16H,8,10H2,(H,25,26)(H,23,24,27). The highest BCUT2D eigenvalue weighted by molar-refractivity contribution is 8.15. The van der Waals surface area contributed by atoms with Crippen molar-refractivity contribution in [3.05, 3.63) is 65.2 Å². The van der Waals surface area contributed by atoms with Gasteiger partial charge in [0.25, 0.3) is 0 Å². The van der Waals surface area contributed by atoms with Gasteiger partial charge in [-0.25, -0.2) is 8.78 Å². The second-order valence-corrected chi connectivity index (χ2v) is 7.14. The van der Waals surface area contributed by atoms with Crippen LogP contribution in [0.3, 0.4) is 0 Å². The lowest BCUT2D eigenvalue weighted by Gasteiger charge is -2.06. The normalized spacial score (nSPS) is 17.7. The molecule has 2 aromatic rings. The first-order chi connectivity index (χ1) is 13.9. The maximum absolute atomic E-state index is 13.2. The minimum atomic E-state index is -1.06. The summed E-state index contributed by atoms with van der Waals surface area (Å²) in [7, 11) is 0. The number of carbonyl (C=O) groups excluding carboxylic acids is 1. The average molecular weight is 419 g/mol. The Bertz CT molecular complexity index is 980. The van der Waals surface area contributed by atoms with Crippen LogP contribution in [0.1, 0.15) is 17.5 Å². The van der Waals surface area contributed by atoms with Crippen LogP contribution >= 0.6 is 11.8 Å². The fraction of sp³-hybridized carbons (Fsp3) is 0.158. The van der Waals surface area contributed by atoms with Crippen molar-refractivity contribution in [3.8, 4) is 5.75 Å². The molecule has 1 saturated heterocycles. The van der Waals surface area contributed by atoms with Gasteiger partial charge in [0.05, 0.1) is 12.6 Å². The summed E-state index contributed by atoms with van der Waals surface area (Å²) in [5, 5.41) is 18.5. The molecule has 0 spiro atoms. The molecule has 7 nitrogen and oxygen atoms in total. The summed E-state index contributed by atoms with van der Waals surface area (Å²) < 4.78 is 31.6. The molecule has 0 aliphatic carbocycles. The third-order valence-corrected chi connectivity index (χ3v) is 4.83. The molecule has 0 aromatic heterocycles. The maximum atomic E-state index is 13.2. The van der Waals surface area contributed by atoms with Gasteiger partial charge in [0.2, 0.25) is 5.91 Å². The summed E-state index contributed by atoms with van der Waals surface area (Å²) in [6.45, 7) is 0.0900. The molecule has 1 heterocycles. The first kappa shape index (κ1) is 20.5. The number of aliphatic carboxylic acids is 1. The fourth-order valence-corrected chi connectivity index (χ4v) is 3.25. The zero-order valence-electron chi connectivity index (χ0n) is 14.8. The Morgan fingerprint density at radius 3 is 2.66 bits per heavy atom. The van der Waals surface area contributed by atoms with Crippen molar-refractivity contribution in [1.82, 2.24) is 5.32 Å². The molecule has 0 radical (unpaired) electrons. The number of carboxylic acid groups (broad SMARTS) is 1. The predicted molar refractivity (Wildman–Crippen MR) is 104 cm³/mol. The lowest BCUT2D eigenvalue weighted by molar-refractivity contribution is -0.138. The Hall–Kier alpha value is -3.27. The van der Waals surface area contributed by atoms with E-state index in [9.17, 15) is 18.4 Å². The monoisotopic (exact) mass is 419 g/mol. The summed E-state index contributed by atoms with van der Waals surface area (Å²) in [6.07, 6.45) is 1.18. The van der Waals surface area contributed by atoms with Crippen LogP contribution in [0.2, 0.25) is 0 Å². The number of rotatable bonds is 7. The number of ether oxygens (including phenoxy) is 1. The molecule has 2 aromatic carbocycles. The van der Waals surface area contributed by atoms with Crippen LogP contribution in [0.5, 0.6) is 5.75 Å². The third kappa shape index (κ3) is 5.85. The van der Waals surface area contributed by atoms with Gasteiger partial charge in [-0.3, -0.25) is 9.59 Å². The predicted octanol–water partition coefficient (Wildman–Crippen LogP) is 2.94. The van der Waals surface area contributed by atoms with Crippen LogP contribution in [-0.4, -0.2) is 33.6 Å². The zero-order valence-corrected chi connectivity index (χ0v) is 15.7. The topological polar surface area (TPSA) is 100 Å². The summed E-state index contributed by atoms with van der Waals surface area (Å²) >= 11 is 1.02. The first-order valence-electron chi connectivity index (χ1n) is 8.38. The number of amides is 1. The largest absolute Gasteiger partial charge is 0.489 e. The number of hydrogen-bond acceptors (Lipinski definition) is 6. The van der Waals surface area contributed by atoms with E-state index in [2.05, 4.69) is 15.5 Å². The number of halogens is 2.